The molecular formula is C13H14N2O3. The minimum atomic E-state index is -0.879. The Bertz CT molecular complexity index is 546. The van der Waals surface area contributed by atoms with E-state index in [0.717, 1.165) is 5.56 Å². The first-order valence-corrected chi connectivity index (χ1v) is 5.56. The maximum Gasteiger partial charge on any atom is 0.304 e. The van der Waals surface area contributed by atoms with Gasteiger partial charge >= 0.3 is 5.97 Å². The fourth-order valence-corrected chi connectivity index (χ4v) is 1.95. The molecule has 5 heteroatoms. The van der Waals surface area contributed by atoms with Gasteiger partial charge in [0.25, 0.3) is 0 Å². The van der Waals surface area contributed by atoms with Gasteiger partial charge in [-0.05, 0) is 17.7 Å². The van der Waals surface area contributed by atoms with Gasteiger partial charge in [-0.1, -0.05) is 12.1 Å². The van der Waals surface area contributed by atoms with E-state index >= 15 is 0 Å². The molecule has 2 N–H and O–H groups in total. The molecule has 0 spiro atoms. The first-order valence-electron chi connectivity index (χ1n) is 5.56. The monoisotopic (exact) mass is 246 g/mol. The normalized spacial score (nSPS) is 12.3. The zero-order valence-electron chi connectivity index (χ0n) is 9.95. The van der Waals surface area contributed by atoms with Gasteiger partial charge in [0.05, 0.1) is 12.3 Å². The molecule has 2 rings (SSSR count). The molecule has 0 bridgehead atoms. The van der Waals surface area contributed by atoms with Crippen molar-refractivity contribution in [1.29, 1.82) is 0 Å². The van der Waals surface area contributed by atoms with Crippen molar-refractivity contribution in [2.75, 3.05) is 0 Å². The molecule has 0 saturated heterocycles. The van der Waals surface area contributed by atoms with Gasteiger partial charge in [-0.15, -0.1) is 0 Å². The zero-order valence-corrected chi connectivity index (χ0v) is 9.95. The number of benzene rings is 1. The third-order valence-corrected chi connectivity index (χ3v) is 2.84. The van der Waals surface area contributed by atoms with Gasteiger partial charge in [0.2, 0.25) is 0 Å². The number of imidazole rings is 1. The summed E-state index contributed by atoms with van der Waals surface area (Å²) in [5.74, 6) is -0.338. The first kappa shape index (κ1) is 12.2. The summed E-state index contributed by atoms with van der Waals surface area (Å²) in [6.07, 6.45) is 3.39. The highest BCUT2D eigenvalue weighted by Gasteiger charge is 2.21. The van der Waals surface area contributed by atoms with Gasteiger partial charge in [-0.2, -0.15) is 0 Å². The van der Waals surface area contributed by atoms with Crippen LogP contribution in [-0.4, -0.2) is 25.7 Å². The Hall–Kier alpha value is -2.30. The Morgan fingerprint density at radius 3 is 2.56 bits per heavy atom. The molecule has 0 radical (unpaired) electrons. The summed E-state index contributed by atoms with van der Waals surface area (Å²) in [5, 5.41) is 18.3. The van der Waals surface area contributed by atoms with Crippen molar-refractivity contribution < 1.29 is 15.0 Å². The van der Waals surface area contributed by atoms with Crippen molar-refractivity contribution in [2.24, 2.45) is 7.05 Å². The Balaban J connectivity index is 2.39. The predicted octanol–water partition coefficient (Wildman–Crippen LogP) is 1.73. The van der Waals surface area contributed by atoms with E-state index in [1.54, 1.807) is 41.2 Å². The molecule has 0 aliphatic carbocycles. The van der Waals surface area contributed by atoms with E-state index in [4.69, 9.17) is 5.11 Å². The Morgan fingerprint density at radius 1 is 1.39 bits per heavy atom. The van der Waals surface area contributed by atoms with E-state index in [1.807, 2.05) is 7.05 Å². The highest BCUT2D eigenvalue weighted by molar-refractivity contribution is 5.68. The van der Waals surface area contributed by atoms with Crippen LogP contribution in [0.15, 0.2) is 36.7 Å². The van der Waals surface area contributed by atoms with Crippen molar-refractivity contribution in [2.45, 2.75) is 12.3 Å². The quantitative estimate of drug-likeness (QED) is 0.861. The molecule has 1 unspecified atom stereocenters. The van der Waals surface area contributed by atoms with E-state index in [9.17, 15) is 9.90 Å². The van der Waals surface area contributed by atoms with Gasteiger partial charge in [0, 0.05) is 19.4 Å². The molecule has 1 atom stereocenters. The van der Waals surface area contributed by atoms with E-state index in [0.29, 0.717) is 5.82 Å². The molecule has 1 heterocycles. The number of hydrogen-bond donors (Lipinski definition) is 2. The van der Waals surface area contributed by atoms with Gasteiger partial charge < -0.3 is 14.8 Å². The highest BCUT2D eigenvalue weighted by atomic mass is 16.4. The second kappa shape index (κ2) is 4.91. The Morgan fingerprint density at radius 2 is 2.06 bits per heavy atom. The number of nitrogens with zero attached hydrogens (tertiary/aromatic N) is 2. The van der Waals surface area contributed by atoms with E-state index in [-0.39, 0.29) is 18.1 Å². The van der Waals surface area contributed by atoms with E-state index in [2.05, 4.69) is 4.98 Å². The van der Waals surface area contributed by atoms with Crippen LogP contribution in [0.1, 0.15) is 23.7 Å². The standard InChI is InChI=1S/C13H14N2O3/c1-15-7-6-14-13(15)11(8-12(17)18)9-2-4-10(16)5-3-9/h2-7,11,16H,8H2,1H3,(H,17,18). The number of hydrogen-bond acceptors (Lipinski definition) is 3. The molecule has 0 saturated carbocycles. The SMILES string of the molecule is Cn1ccnc1C(CC(=O)O)c1ccc(O)cc1. The molecule has 18 heavy (non-hydrogen) atoms. The lowest BCUT2D eigenvalue weighted by molar-refractivity contribution is -0.137. The molecule has 0 aliphatic heterocycles. The summed E-state index contributed by atoms with van der Waals surface area (Å²) in [5.41, 5.74) is 0.824. The zero-order chi connectivity index (χ0) is 13.1. The fourth-order valence-electron chi connectivity index (χ4n) is 1.95. The van der Waals surface area contributed by atoms with Crippen LogP contribution in [0.25, 0.3) is 0 Å². The van der Waals surface area contributed by atoms with Crippen molar-refractivity contribution in [1.82, 2.24) is 9.55 Å². The Labute approximate surface area is 104 Å². The summed E-state index contributed by atoms with van der Waals surface area (Å²) in [6, 6.07) is 6.54. The second-order valence-corrected chi connectivity index (χ2v) is 4.14. The number of carboxylic acids is 1. The lowest BCUT2D eigenvalue weighted by atomic mass is 9.95. The van der Waals surface area contributed by atoms with Crippen molar-refractivity contribution in [3.63, 3.8) is 0 Å². The first-order chi connectivity index (χ1) is 8.58. The number of rotatable bonds is 4. The Kier molecular flexibility index (Phi) is 3.32. The van der Waals surface area contributed by atoms with Crippen LogP contribution in [0.5, 0.6) is 5.75 Å². The molecule has 0 fully saturated rings. The van der Waals surface area contributed by atoms with Crippen molar-refractivity contribution in [3.8, 4) is 5.75 Å². The van der Waals surface area contributed by atoms with Crippen molar-refractivity contribution in [3.05, 3.63) is 48.0 Å². The topological polar surface area (TPSA) is 75.4 Å². The summed E-state index contributed by atoms with van der Waals surface area (Å²) >= 11 is 0. The largest absolute Gasteiger partial charge is 0.508 e. The molecular weight excluding hydrogens is 232 g/mol. The average Bonchev–Trinajstić information content (AvgIpc) is 2.73. The van der Waals surface area contributed by atoms with Crippen LogP contribution in [0.2, 0.25) is 0 Å². The lowest BCUT2D eigenvalue weighted by Crippen LogP contribution is -2.12. The van der Waals surface area contributed by atoms with Gasteiger partial charge in [0.15, 0.2) is 0 Å². The number of carboxylic acid groups (broad SMARTS) is 1. The van der Waals surface area contributed by atoms with Crippen molar-refractivity contribution >= 4 is 5.97 Å². The van der Waals surface area contributed by atoms with Crippen LogP contribution in [0, 0.1) is 0 Å². The summed E-state index contributed by atoms with van der Waals surface area (Å²) in [7, 11) is 1.83. The third-order valence-electron chi connectivity index (χ3n) is 2.84. The number of aromatic nitrogens is 2. The van der Waals surface area contributed by atoms with Crippen LogP contribution < -0.4 is 0 Å². The predicted molar refractivity (Wildman–Crippen MR) is 65.4 cm³/mol. The molecule has 1 aromatic carbocycles. The number of carbonyl (C=O) groups is 1. The number of aromatic hydroxyl groups is 1. The van der Waals surface area contributed by atoms with Gasteiger partial charge in [-0.3, -0.25) is 4.79 Å². The van der Waals surface area contributed by atoms with Crippen LogP contribution in [0.4, 0.5) is 0 Å². The summed E-state index contributed by atoms with van der Waals surface area (Å²) in [6.45, 7) is 0. The van der Waals surface area contributed by atoms with E-state index < -0.39 is 5.97 Å². The number of aliphatic carboxylic acids is 1. The smallest absolute Gasteiger partial charge is 0.304 e. The maximum atomic E-state index is 11.0. The molecule has 1 aromatic heterocycles. The summed E-state index contributed by atoms with van der Waals surface area (Å²) in [4.78, 5) is 15.2. The fraction of sp³-hybridized carbons (Fsp3) is 0.231. The maximum absolute atomic E-state index is 11.0. The molecule has 0 amide bonds. The third kappa shape index (κ3) is 2.51. The van der Waals surface area contributed by atoms with Gasteiger partial charge in [-0.25, -0.2) is 4.98 Å². The summed E-state index contributed by atoms with van der Waals surface area (Å²) < 4.78 is 1.81. The second-order valence-electron chi connectivity index (χ2n) is 4.14. The van der Waals surface area contributed by atoms with Crippen LogP contribution in [0.3, 0.4) is 0 Å². The average molecular weight is 246 g/mol. The number of aryl methyl sites for hydroxylation is 1. The minimum absolute atomic E-state index is 0.0321. The van der Waals surface area contributed by atoms with E-state index in [1.165, 1.54) is 0 Å². The van der Waals surface area contributed by atoms with Crippen LogP contribution >= 0.6 is 0 Å². The molecule has 0 aliphatic rings. The minimum Gasteiger partial charge on any atom is -0.508 e. The molecule has 2 aromatic rings. The molecule has 5 nitrogen and oxygen atoms in total. The lowest BCUT2D eigenvalue weighted by Gasteiger charge is -2.15. The molecule has 94 valence electrons. The highest BCUT2D eigenvalue weighted by Crippen LogP contribution is 2.27. The number of phenols is 1. The van der Waals surface area contributed by atoms with Crippen LogP contribution in [-0.2, 0) is 11.8 Å². The van der Waals surface area contributed by atoms with Gasteiger partial charge in [0.1, 0.15) is 11.6 Å². The number of phenolic OH excluding ortho intramolecular Hbond substituents is 1.